The van der Waals surface area contributed by atoms with E-state index in [9.17, 15) is 0 Å². The maximum atomic E-state index is 5.74. The van der Waals surface area contributed by atoms with E-state index in [1.807, 2.05) is 6.07 Å². The number of para-hydroxylation sites is 2. The van der Waals surface area contributed by atoms with Gasteiger partial charge in [0.05, 0.1) is 23.7 Å². The van der Waals surface area contributed by atoms with E-state index in [1.54, 1.807) is 0 Å². The summed E-state index contributed by atoms with van der Waals surface area (Å²) in [5.41, 5.74) is 2.24. The molecular weight excluding hydrogens is 250 g/mol. The second-order valence-corrected chi connectivity index (χ2v) is 5.42. The number of aromatic nitrogens is 2. The molecule has 0 spiro atoms. The van der Waals surface area contributed by atoms with E-state index >= 15 is 0 Å². The van der Waals surface area contributed by atoms with Crippen LogP contribution in [0, 0.1) is 0 Å². The van der Waals surface area contributed by atoms with E-state index in [-0.39, 0.29) is 6.10 Å². The molecular formula is C16H25N3O. The molecule has 2 rings (SSSR count). The van der Waals surface area contributed by atoms with Crippen molar-refractivity contribution in [1.82, 2.24) is 14.9 Å². The first-order valence-electron chi connectivity index (χ1n) is 7.37. The number of imidazole rings is 1. The van der Waals surface area contributed by atoms with Gasteiger partial charge in [-0.05, 0) is 32.5 Å². The van der Waals surface area contributed by atoms with Crippen LogP contribution in [0.1, 0.15) is 26.6 Å². The summed E-state index contributed by atoms with van der Waals surface area (Å²) in [6.45, 7) is 7.91. The molecule has 1 aromatic carbocycles. The Morgan fingerprint density at radius 3 is 2.70 bits per heavy atom. The number of aryl methyl sites for hydroxylation is 1. The van der Waals surface area contributed by atoms with Crippen LogP contribution in [0.5, 0.6) is 0 Å². The Labute approximate surface area is 121 Å². The minimum Gasteiger partial charge on any atom is -0.377 e. The molecule has 0 bridgehead atoms. The predicted molar refractivity (Wildman–Crippen MR) is 83.0 cm³/mol. The van der Waals surface area contributed by atoms with Crippen LogP contribution in [0.3, 0.4) is 0 Å². The van der Waals surface area contributed by atoms with Crippen LogP contribution in [-0.2, 0) is 18.2 Å². The lowest BCUT2D eigenvalue weighted by atomic mass is 10.2. The summed E-state index contributed by atoms with van der Waals surface area (Å²) in [5.74, 6) is 1.10. The molecule has 0 radical (unpaired) electrons. The largest absolute Gasteiger partial charge is 0.377 e. The molecule has 0 aliphatic carbocycles. The highest BCUT2D eigenvalue weighted by Crippen LogP contribution is 2.15. The van der Waals surface area contributed by atoms with Gasteiger partial charge in [0.1, 0.15) is 5.82 Å². The number of ether oxygens (including phenoxy) is 1. The Bertz CT molecular complexity index is 548. The number of likely N-dealkylation sites (N-methyl/N-ethyl adjacent to an activating group) is 1. The molecule has 1 atom stereocenters. The van der Waals surface area contributed by atoms with Crippen molar-refractivity contribution in [2.24, 2.45) is 7.05 Å². The minimum atomic E-state index is 0.261. The summed E-state index contributed by atoms with van der Waals surface area (Å²) in [6.07, 6.45) is 1.14. The third-order valence-electron chi connectivity index (χ3n) is 3.43. The van der Waals surface area contributed by atoms with Crippen LogP contribution in [0.2, 0.25) is 0 Å². The van der Waals surface area contributed by atoms with Gasteiger partial charge in [-0.25, -0.2) is 4.98 Å². The standard InChI is InChI=1S/C16H25N3O/c1-5-17-13(11-20-12(2)3)10-16-18-14-8-6-7-9-15(14)19(16)4/h6-9,12-13,17H,5,10-11H2,1-4H3. The highest BCUT2D eigenvalue weighted by molar-refractivity contribution is 5.75. The van der Waals surface area contributed by atoms with Crippen LogP contribution in [0.15, 0.2) is 24.3 Å². The monoisotopic (exact) mass is 275 g/mol. The van der Waals surface area contributed by atoms with E-state index in [2.05, 4.69) is 55.9 Å². The maximum Gasteiger partial charge on any atom is 0.111 e. The van der Waals surface area contributed by atoms with Gasteiger partial charge in [-0.1, -0.05) is 19.1 Å². The Hall–Kier alpha value is -1.39. The number of nitrogens with zero attached hydrogens (tertiary/aromatic N) is 2. The Morgan fingerprint density at radius 1 is 1.30 bits per heavy atom. The van der Waals surface area contributed by atoms with Crippen LogP contribution in [-0.4, -0.2) is 34.8 Å². The summed E-state index contributed by atoms with van der Waals surface area (Å²) < 4.78 is 7.92. The number of fused-ring (bicyclic) bond motifs is 1. The van der Waals surface area contributed by atoms with Crippen LogP contribution in [0.25, 0.3) is 11.0 Å². The number of hydrogen-bond acceptors (Lipinski definition) is 3. The second kappa shape index (κ2) is 6.86. The van der Waals surface area contributed by atoms with Crippen molar-refractivity contribution in [2.45, 2.75) is 39.3 Å². The lowest BCUT2D eigenvalue weighted by Crippen LogP contribution is -2.36. The van der Waals surface area contributed by atoms with E-state index in [0.717, 1.165) is 24.3 Å². The zero-order chi connectivity index (χ0) is 14.5. The first kappa shape index (κ1) is 15.0. The van der Waals surface area contributed by atoms with E-state index in [4.69, 9.17) is 9.72 Å². The first-order valence-corrected chi connectivity index (χ1v) is 7.37. The highest BCUT2D eigenvalue weighted by atomic mass is 16.5. The van der Waals surface area contributed by atoms with Gasteiger partial charge in [-0.15, -0.1) is 0 Å². The molecule has 0 saturated carbocycles. The zero-order valence-electron chi connectivity index (χ0n) is 12.9. The highest BCUT2D eigenvalue weighted by Gasteiger charge is 2.14. The molecule has 110 valence electrons. The first-order chi connectivity index (χ1) is 9.61. The smallest absolute Gasteiger partial charge is 0.111 e. The van der Waals surface area contributed by atoms with E-state index < -0.39 is 0 Å². The van der Waals surface area contributed by atoms with Crippen molar-refractivity contribution in [1.29, 1.82) is 0 Å². The fourth-order valence-electron chi connectivity index (χ4n) is 2.39. The van der Waals surface area contributed by atoms with Gasteiger partial charge in [0, 0.05) is 19.5 Å². The molecule has 0 fully saturated rings. The van der Waals surface area contributed by atoms with Crippen molar-refractivity contribution >= 4 is 11.0 Å². The van der Waals surface area contributed by atoms with Gasteiger partial charge in [0.15, 0.2) is 0 Å². The number of rotatable bonds is 7. The molecule has 1 unspecified atom stereocenters. The van der Waals surface area contributed by atoms with Gasteiger partial charge >= 0.3 is 0 Å². The van der Waals surface area contributed by atoms with Gasteiger partial charge < -0.3 is 14.6 Å². The zero-order valence-corrected chi connectivity index (χ0v) is 12.9. The topological polar surface area (TPSA) is 39.1 Å². The van der Waals surface area contributed by atoms with Crippen LogP contribution >= 0.6 is 0 Å². The average molecular weight is 275 g/mol. The summed E-state index contributed by atoms with van der Waals surface area (Å²) in [4.78, 5) is 4.73. The van der Waals surface area contributed by atoms with Crippen LogP contribution < -0.4 is 5.32 Å². The van der Waals surface area contributed by atoms with Crippen molar-refractivity contribution in [2.75, 3.05) is 13.2 Å². The van der Waals surface area contributed by atoms with Crippen LogP contribution in [0.4, 0.5) is 0 Å². The summed E-state index contributed by atoms with van der Waals surface area (Å²) >= 11 is 0. The molecule has 4 nitrogen and oxygen atoms in total. The third kappa shape index (κ3) is 3.58. The van der Waals surface area contributed by atoms with E-state index in [1.165, 1.54) is 5.52 Å². The lowest BCUT2D eigenvalue weighted by Gasteiger charge is -2.19. The summed E-state index contributed by atoms with van der Waals surface area (Å²) in [6, 6.07) is 8.56. The van der Waals surface area contributed by atoms with Crippen molar-refractivity contribution in [3.8, 4) is 0 Å². The summed E-state index contributed by atoms with van der Waals surface area (Å²) in [7, 11) is 2.08. The van der Waals surface area contributed by atoms with Crippen molar-refractivity contribution < 1.29 is 4.74 Å². The average Bonchev–Trinajstić information content (AvgIpc) is 2.74. The fourth-order valence-corrected chi connectivity index (χ4v) is 2.39. The number of hydrogen-bond donors (Lipinski definition) is 1. The molecule has 2 aromatic rings. The molecule has 0 saturated heterocycles. The normalized spacial score (nSPS) is 13.2. The number of nitrogens with one attached hydrogen (secondary N) is 1. The quantitative estimate of drug-likeness (QED) is 0.844. The molecule has 1 heterocycles. The molecule has 1 aromatic heterocycles. The van der Waals surface area contributed by atoms with Gasteiger partial charge in [-0.3, -0.25) is 0 Å². The Morgan fingerprint density at radius 2 is 2.05 bits per heavy atom. The van der Waals surface area contributed by atoms with E-state index in [0.29, 0.717) is 12.6 Å². The maximum absolute atomic E-state index is 5.74. The molecule has 0 aliphatic rings. The van der Waals surface area contributed by atoms with Gasteiger partial charge in [-0.2, -0.15) is 0 Å². The Balaban J connectivity index is 2.13. The van der Waals surface area contributed by atoms with Crippen molar-refractivity contribution in [3.05, 3.63) is 30.1 Å². The molecule has 0 aliphatic heterocycles. The molecule has 0 amide bonds. The third-order valence-corrected chi connectivity index (χ3v) is 3.43. The second-order valence-electron chi connectivity index (χ2n) is 5.42. The molecule has 20 heavy (non-hydrogen) atoms. The SMILES string of the molecule is CCNC(COC(C)C)Cc1nc2ccccc2n1C. The molecule has 1 N–H and O–H groups in total. The lowest BCUT2D eigenvalue weighted by molar-refractivity contribution is 0.0611. The van der Waals surface area contributed by atoms with Crippen molar-refractivity contribution in [3.63, 3.8) is 0 Å². The summed E-state index contributed by atoms with van der Waals surface area (Å²) in [5, 5.41) is 3.48. The number of benzene rings is 1. The van der Waals surface area contributed by atoms with Gasteiger partial charge in [0.25, 0.3) is 0 Å². The Kier molecular flexibility index (Phi) is 5.15. The minimum absolute atomic E-state index is 0.261. The van der Waals surface area contributed by atoms with Gasteiger partial charge in [0.2, 0.25) is 0 Å². The predicted octanol–water partition coefficient (Wildman–Crippen LogP) is 2.52. The fraction of sp³-hybridized carbons (Fsp3) is 0.562. The molecule has 4 heteroatoms.